The lowest BCUT2D eigenvalue weighted by molar-refractivity contribution is -0.139. The number of carboxylic acid groups (broad SMARTS) is 1. The van der Waals surface area contributed by atoms with Crippen LogP contribution in [0.25, 0.3) is 0 Å². The van der Waals surface area contributed by atoms with Gasteiger partial charge in [-0.3, -0.25) is 4.79 Å². The fraction of sp³-hybridized carbons (Fsp3) is 0.286. The molecule has 0 aliphatic rings. The Morgan fingerprint density at radius 2 is 2.24 bits per heavy atom. The molecule has 0 aliphatic heterocycles. The Balaban J connectivity index is 2.13. The SMILES string of the molecule is COCCn1cccc1C(=O)NC(C(=O)O)c1cccs1. The molecule has 0 aliphatic carbocycles. The van der Waals surface area contributed by atoms with Crippen LogP contribution in [0.3, 0.4) is 0 Å². The minimum absolute atomic E-state index is 0.412. The van der Waals surface area contributed by atoms with Crippen LogP contribution >= 0.6 is 11.3 Å². The summed E-state index contributed by atoms with van der Waals surface area (Å²) < 4.78 is 6.71. The number of hydrogen-bond donors (Lipinski definition) is 2. The van der Waals surface area contributed by atoms with E-state index in [1.54, 1.807) is 47.5 Å². The van der Waals surface area contributed by atoms with Crippen molar-refractivity contribution < 1.29 is 19.4 Å². The number of amides is 1. The number of ether oxygens (including phenoxy) is 1. The van der Waals surface area contributed by atoms with Gasteiger partial charge in [0, 0.05) is 24.7 Å². The van der Waals surface area contributed by atoms with Gasteiger partial charge in [0.05, 0.1) is 6.61 Å². The first-order valence-electron chi connectivity index (χ1n) is 6.34. The van der Waals surface area contributed by atoms with E-state index in [-0.39, 0.29) is 0 Å². The highest BCUT2D eigenvalue weighted by molar-refractivity contribution is 7.10. The van der Waals surface area contributed by atoms with E-state index in [4.69, 9.17) is 4.74 Å². The van der Waals surface area contributed by atoms with Crippen LogP contribution in [0.4, 0.5) is 0 Å². The number of methoxy groups -OCH3 is 1. The highest BCUT2D eigenvalue weighted by Crippen LogP contribution is 2.19. The summed E-state index contributed by atoms with van der Waals surface area (Å²) in [4.78, 5) is 24.2. The molecule has 6 nitrogen and oxygen atoms in total. The van der Waals surface area contributed by atoms with E-state index in [1.165, 1.54) is 11.3 Å². The molecule has 0 fully saturated rings. The number of carbonyl (C=O) groups excluding carboxylic acids is 1. The average molecular weight is 308 g/mol. The standard InChI is InChI=1S/C14H16N2O4S/c1-20-8-7-16-6-2-4-10(16)13(17)15-12(14(18)19)11-5-3-9-21-11/h2-6,9,12H,7-8H2,1H3,(H,15,17)(H,18,19). The number of nitrogens with zero attached hydrogens (tertiary/aromatic N) is 1. The lowest BCUT2D eigenvalue weighted by atomic mass is 10.2. The molecule has 2 heterocycles. The van der Waals surface area contributed by atoms with E-state index in [2.05, 4.69) is 5.32 Å². The van der Waals surface area contributed by atoms with Crippen LogP contribution in [0.2, 0.25) is 0 Å². The van der Waals surface area contributed by atoms with E-state index in [0.717, 1.165) is 0 Å². The van der Waals surface area contributed by atoms with Gasteiger partial charge in [-0.05, 0) is 23.6 Å². The Kier molecular flexibility index (Phi) is 5.13. The van der Waals surface area contributed by atoms with Gasteiger partial charge in [-0.15, -0.1) is 11.3 Å². The Morgan fingerprint density at radius 3 is 2.86 bits per heavy atom. The topological polar surface area (TPSA) is 80.6 Å². The van der Waals surface area contributed by atoms with Crippen molar-refractivity contribution in [3.63, 3.8) is 0 Å². The molecule has 1 amide bonds. The van der Waals surface area contributed by atoms with E-state index < -0.39 is 17.9 Å². The number of aliphatic carboxylic acids is 1. The molecule has 2 aromatic rings. The molecule has 7 heteroatoms. The second kappa shape index (κ2) is 7.05. The predicted octanol–water partition coefficient (Wildman–Crippen LogP) is 1.75. The van der Waals surface area contributed by atoms with Crippen molar-refractivity contribution in [2.75, 3.05) is 13.7 Å². The van der Waals surface area contributed by atoms with Crippen molar-refractivity contribution in [3.05, 3.63) is 46.4 Å². The first-order valence-corrected chi connectivity index (χ1v) is 7.22. The summed E-state index contributed by atoms with van der Waals surface area (Å²) in [5.74, 6) is -1.50. The van der Waals surface area contributed by atoms with Gasteiger partial charge in [0.25, 0.3) is 5.91 Å². The van der Waals surface area contributed by atoms with Crippen LogP contribution < -0.4 is 5.32 Å². The second-order valence-corrected chi connectivity index (χ2v) is 5.32. The Morgan fingerprint density at radius 1 is 1.43 bits per heavy atom. The summed E-state index contributed by atoms with van der Waals surface area (Å²) in [7, 11) is 1.58. The van der Waals surface area contributed by atoms with Gasteiger partial charge in [-0.1, -0.05) is 6.07 Å². The van der Waals surface area contributed by atoms with Gasteiger partial charge in [0.15, 0.2) is 6.04 Å². The largest absolute Gasteiger partial charge is 0.479 e. The third-order valence-electron chi connectivity index (χ3n) is 2.95. The zero-order chi connectivity index (χ0) is 15.2. The van der Waals surface area contributed by atoms with Crippen LogP contribution in [-0.2, 0) is 16.1 Å². The van der Waals surface area contributed by atoms with Crippen LogP contribution in [0.15, 0.2) is 35.8 Å². The van der Waals surface area contributed by atoms with Crippen LogP contribution in [-0.4, -0.2) is 35.3 Å². The van der Waals surface area contributed by atoms with E-state index in [1.807, 2.05) is 0 Å². The van der Waals surface area contributed by atoms with E-state index in [0.29, 0.717) is 23.7 Å². The fourth-order valence-electron chi connectivity index (χ4n) is 1.92. The molecular formula is C14H16N2O4S. The number of hydrogen-bond acceptors (Lipinski definition) is 4. The smallest absolute Gasteiger partial charge is 0.331 e. The molecule has 2 rings (SSSR count). The molecule has 1 atom stereocenters. The summed E-state index contributed by atoms with van der Waals surface area (Å²) in [6.45, 7) is 1.01. The average Bonchev–Trinajstić information content (AvgIpc) is 3.12. The minimum atomic E-state index is -1.08. The third-order valence-corrected chi connectivity index (χ3v) is 3.89. The molecule has 1 unspecified atom stereocenters. The second-order valence-electron chi connectivity index (χ2n) is 4.34. The maximum absolute atomic E-state index is 12.3. The van der Waals surface area contributed by atoms with Gasteiger partial charge >= 0.3 is 5.97 Å². The van der Waals surface area contributed by atoms with Crippen molar-refractivity contribution in [1.82, 2.24) is 9.88 Å². The van der Waals surface area contributed by atoms with Crippen molar-refractivity contribution in [2.24, 2.45) is 0 Å². The minimum Gasteiger partial charge on any atom is -0.479 e. The van der Waals surface area contributed by atoms with Gasteiger partial charge in [-0.25, -0.2) is 4.79 Å². The van der Waals surface area contributed by atoms with Crippen LogP contribution in [0, 0.1) is 0 Å². The summed E-state index contributed by atoms with van der Waals surface area (Å²) in [6, 6.07) is 5.80. The summed E-state index contributed by atoms with van der Waals surface area (Å²) >= 11 is 1.29. The number of rotatable bonds is 7. The number of carboxylic acids is 1. The van der Waals surface area contributed by atoms with Crippen molar-refractivity contribution in [3.8, 4) is 0 Å². The maximum Gasteiger partial charge on any atom is 0.331 e. The monoisotopic (exact) mass is 308 g/mol. The third kappa shape index (κ3) is 3.71. The van der Waals surface area contributed by atoms with Crippen molar-refractivity contribution in [1.29, 1.82) is 0 Å². The predicted molar refractivity (Wildman–Crippen MR) is 78.5 cm³/mol. The molecule has 0 saturated carbocycles. The molecular weight excluding hydrogens is 292 g/mol. The number of nitrogens with one attached hydrogen (secondary N) is 1. The van der Waals surface area contributed by atoms with E-state index in [9.17, 15) is 14.7 Å². The van der Waals surface area contributed by atoms with Gasteiger partial charge < -0.3 is 19.7 Å². The van der Waals surface area contributed by atoms with Gasteiger partial charge in [0.1, 0.15) is 5.69 Å². The summed E-state index contributed by atoms with van der Waals surface area (Å²) in [6.07, 6.45) is 1.76. The zero-order valence-corrected chi connectivity index (χ0v) is 12.3. The lowest BCUT2D eigenvalue weighted by Crippen LogP contribution is -2.34. The Labute approximate surface area is 126 Å². The number of carbonyl (C=O) groups is 2. The quantitative estimate of drug-likeness (QED) is 0.816. The highest BCUT2D eigenvalue weighted by atomic mass is 32.1. The normalized spacial score (nSPS) is 12.0. The molecule has 21 heavy (non-hydrogen) atoms. The fourth-order valence-corrected chi connectivity index (χ4v) is 2.69. The maximum atomic E-state index is 12.3. The summed E-state index contributed by atoms with van der Waals surface area (Å²) in [5.41, 5.74) is 0.412. The van der Waals surface area contributed by atoms with E-state index >= 15 is 0 Å². The molecule has 0 spiro atoms. The Hall–Kier alpha value is -2.12. The van der Waals surface area contributed by atoms with Crippen molar-refractivity contribution in [2.45, 2.75) is 12.6 Å². The Bertz CT molecular complexity index is 606. The van der Waals surface area contributed by atoms with Crippen molar-refractivity contribution >= 4 is 23.2 Å². The molecule has 112 valence electrons. The number of aromatic nitrogens is 1. The molecule has 0 radical (unpaired) electrons. The first-order chi connectivity index (χ1) is 10.1. The summed E-state index contributed by atoms with van der Waals surface area (Å²) in [5, 5.41) is 13.6. The zero-order valence-electron chi connectivity index (χ0n) is 11.5. The van der Waals surface area contributed by atoms with Gasteiger partial charge in [0.2, 0.25) is 0 Å². The van der Waals surface area contributed by atoms with Gasteiger partial charge in [-0.2, -0.15) is 0 Å². The van der Waals surface area contributed by atoms with Crippen LogP contribution in [0.5, 0.6) is 0 Å². The molecule has 0 saturated heterocycles. The first kappa shape index (κ1) is 15.3. The lowest BCUT2D eigenvalue weighted by Gasteiger charge is -2.14. The molecule has 0 bridgehead atoms. The van der Waals surface area contributed by atoms with Crippen LogP contribution in [0.1, 0.15) is 21.4 Å². The molecule has 2 N–H and O–H groups in total. The molecule has 2 aromatic heterocycles. The highest BCUT2D eigenvalue weighted by Gasteiger charge is 2.24. The molecule has 0 aromatic carbocycles. The number of thiophene rings is 1.